The number of nitro groups is 2. The van der Waals surface area contributed by atoms with E-state index in [1.807, 2.05) is 17.5 Å². The van der Waals surface area contributed by atoms with Crippen LogP contribution in [0.25, 0.3) is 0 Å². The molecule has 0 aliphatic heterocycles. The molecule has 2 rings (SSSR count). The fourth-order valence-electron chi connectivity index (χ4n) is 2.29. The molecule has 0 fully saturated rings. The molecular weight excluding hydrogens is 334 g/mol. The standard InChI is InChI=1S/C15H15N3O5S/c1-3-16(9-12-5-4-6-24-12)15(19)13-7-11(17(20)21)8-14(10(13)2)18(22)23/h4-8H,3,9H2,1-2H3. The van der Waals surface area contributed by atoms with Gasteiger partial charge >= 0.3 is 0 Å². The van der Waals surface area contributed by atoms with Gasteiger partial charge in [0.1, 0.15) is 0 Å². The van der Waals surface area contributed by atoms with Gasteiger partial charge in [0.2, 0.25) is 0 Å². The minimum absolute atomic E-state index is 0.0192. The fraction of sp³-hybridized carbons (Fsp3) is 0.267. The highest BCUT2D eigenvalue weighted by atomic mass is 32.1. The molecular formula is C15H15N3O5S. The first-order valence-corrected chi connectivity index (χ1v) is 7.98. The molecule has 0 spiro atoms. The van der Waals surface area contributed by atoms with Crippen molar-refractivity contribution in [2.45, 2.75) is 20.4 Å². The average molecular weight is 349 g/mol. The first-order chi connectivity index (χ1) is 11.3. The van der Waals surface area contributed by atoms with E-state index in [2.05, 4.69) is 0 Å². The van der Waals surface area contributed by atoms with Crippen LogP contribution in [0, 0.1) is 27.2 Å². The first kappa shape index (κ1) is 17.5. The molecule has 1 aromatic carbocycles. The van der Waals surface area contributed by atoms with Gasteiger partial charge in [-0.15, -0.1) is 11.3 Å². The van der Waals surface area contributed by atoms with Crippen LogP contribution in [0.4, 0.5) is 11.4 Å². The summed E-state index contributed by atoms with van der Waals surface area (Å²) in [6.45, 7) is 3.94. The van der Waals surface area contributed by atoms with Crippen LogP contribution >= 0.6 is 11.3 Å². The van der Waals surface area contributed by atoms with Gasteiger partial charge in [0.25, 0.3) is 17.3 Å². The Hall–Kier alpha value is -2.81. The second-order valence-corrected chi connectivity index (χ2v) is 6.08. The summed E-state index contributed by atoms with van der Waals surface area (Å²) >= 11 is 1.49. The third-order valence-corrected chi connectivity index (χ3v) is 4.46. The maximum absolute atomic E-state index is 12.8. The lowest BCUT2D eigenvalue weighted by atomic mass is 10.0. The van der Waals surface area contributed by atoms with E-state index >= 15 is 0 Å². The summed E-state index contributed by atoms with van der Waals surface area (Å²) in [5.74, 6) is -0.463. The van der Waals surface area contributed by atoms with Crippen molar-refractivity contribution in [3.8, 4) is 0 Å². The van der Waals surface area contributed by atoms with Crippen molar-refractivity contribution in [3.05, 3.63) is 65.9 Å². The van der Waals surface area contributed by atoms with Gasteiger partial charge in [-0.05, 0) is 25.3 Å². The zero-order valence-electron chi connectivity index (χ0n) is 13.1. The minimum atomic E-state index is -0.737. The number of hydrogen-bond acceptors (Lipinski definition) is 6. The molecule has 8 nitrogen and oxygen atoms in total. The number of benzene rings is 1. The zero-order valence-corrected chi connectivity index (χ0v) is 13.9. The van der Waals surface area contributed by atoms with Crippen molar-refractivity contribution >= 4 is 28.6 Å². The molecule has 0 aliphatic rings. The lowest BCUT2D eigenvalue weighted by Crippen LogP contribution is -2.30. The average Bonchev–Trinajstić information content (AvgIpc) is 3.04. The molecule has 2 aromatic rings. The van der Waals surface area contributed by atoms with Crippen molar-refractivity contribution in [3.63, 3.8) is 0 Å². The molecule has 24 heavy (non-hydrogen) atoms. The van der Waals surface area contributed by atoms with Crippen LogP contribution in [0.15, 0.2) is 29.6 Å². The van der Waals surface area contributed by atoms with Crippen LogP contribution in [-0.4, -0.2) is 27.2 Å². The van der Waals surface area contributed by atoms with Gasteiger partial charge in [-0.1, -0.05) is 6.07 Å². The van der Waals surface area contributed by atoms with Crippen molar-refractivity contribution in [2.24, 2.45) is 0 Å². The van der Waals surface area contributed by atoms with E-state index in [9.17, 15) is 25.0 Å². The number of carbonyl (C=O) groups is 1. The molecule has 1 aromatic heterocycles. The van der Waals surface area contributed by atoms with Gasteiger partial charge in [0, 0.05) is 23.1 Å². The number of nitro benzene ring substituents is 2. The third kappa shape index (κ3) is 3.57. The lowest BCUT2D eigenvalue weighted by Gasteiger charge is -2.21. The molecule has 126 valence electrons. The molecule has 1 amide bonds. The van der Waals surface area contributed by atoms with Gasteiger partial charge in [-0.25, -0.2) is 0 Å². The second-order valence-electron chi connectivity index (χ2n) is 5.05. The molecule has 1 heterocycles. The monoisotopic (exact) mass is 349 g/mol. The Morgan fingerprint density at radius 2 is 1.96 bits per heavy atom. The predicted octanol–water partition coefficient (Wildman–Crippen LogP) is 3.54. The van der Waals surface area contributed by atoms with E-state index in [1.165, 1.54) is 23.2 Å². The normalized spacial score (nSPS) is 10.4. The second kappa shape index (κ2) is 7.18. The SMILES string of the molecule is CCN(Cc1cccs1)C(=O)c1cc([N+](=O)[O-])cc([N+](=O)[O-])c1C. The summed E-state index contributed by atoms with van der Waals surface area (Å²) in [6.07, 6.45) is 0. The molecule has 0 saturated carbocycles. The van der Waals surface area contributed by atoms with E-state index in [1.54, 1.807) is 6.92 Å². The van der Waals surface area contributed by atoms with E-state index in [0.29, 0.717) is 13.1 Å². The highest BCUT2D eigenvalue weighted by Gasteiger charge is 2.27. The summed E-state index contributed by atoms with van der Waals surface area (Å²) in [5.41, 5.74) is -0.794. The molecule has 0 aliphatic carbocycles. The summed E-state index contributed by atoms with van der Waals surface area (Å²) in [7, 11) is 0. The zero-order chi connectivity index (χ0) is 17.9. The van der Waals surface area contributed by atoms with Crippen molar-refractivity contribution < 1.29 is 14.6 Å². The molecule has 0 N–H and O–H groups in total. The molecule has 0 bridgehead atoms. The highest BCUT2D eigenvalue weighted by Crippen LogP contribution is 2.29. The quantitative estimate of drug-likeness (QED) is 0.585. The van der Waals surface area contributed by atoms with E-state index in [0.717, 1.165) is 17.0 Å². The van der Waals surface area contributed by atoms with Crippen molar-refractivity contribution in [1.29, 1.82) is 0 Å². The topological polar surface area (TPSA) is 107 Å². The molecule has 0 saturated heterocycles. The number of hydrogen-bond donors (Lipinski definition) is 0. The third-order valence-electron chi connectivity index (χ3n) is 3.60. The van der Waals surface area contributed by atoms with Crippen LogP contribution < -0.4 is 0 Å². The Bertz CT molecular complexity index is 789. The summed E-state index contributed by atoms with van der Waals surface area (Å²) in [5, 5.41) is 24.0. The number of amides is 1. The number of carbonyl (C=O) groups excluding carboxylic acids is 1. The van der Waals surface area contributed by atoms with Gasteiger partial charge in [-0.2, -0.15) is 0 Å². The Morgan fingerprint density at radius 1 is 1.25 bits per heavy atom. The van der Waals surface area contributed by atoms with Crippen molar-refractivity contribution in [1.82, 2.24) is 4.90 Å². The van der Waals surface area contributed by atoms with Crippen molar-refractivity contribution in [2.75, 3.05) is 6.54 Å². The Kier molecular flexibility index (Phi) is 5.24. The number of rotatable bonds is 6. The first-order valence-electron chi connectivity index (χ1n) is 7.10. The molecule has 0 unspecified atom stereocenters. The number of thiophene rings is 1. The maximum Gasteiger partial charge on any atom is 0.279 e. The summed E-state index contributed by atoms with van der Waals surface area (Å²) < 4.78 is 0. The molecule has 9 heteroatoms. The Morgan fingerprint density at radius 3 is 2.46 bits per heavy atom. The van der Waals surface area contributed by atoms with Crippen LogP contribution in [-0.2, 0) is 6.54 Å². The van der Waals surface area contributed by atoms with Crippen LogP contribution in [0.3, 0.4) is 0 Å². The maximum atomic E-state index is 12.8. The highest BCUT2D eigenvalue weighted by molar-refractivity contribution is 7.09. The Balaban J connectivity index is 2.46. The largest absolute Gasteiger partial charge is 0.334 e. The van der Waals surface area contributed by atoms with Crippen LogP contribution in [0.5, 0.6) is 0 Å². The van der Waals surface area contributed by atoms with Crippen LogP contribution in [0.2, 0.25) is 0 Å². The lowest BCUT2D eigenvalue weighted by molar-refractivity contribution is -0.394. The smallest absolute Gasteiger partial charge is 0.279 e. The van der Waals surface area contributed by atoms with Gasteiger partial charge < -0.3 is 4.90 Å². The van der Waals surface area contributed by atoms with E-state index in [4.69, 9.17) is 0 Å². The number of non-ortho nitro benzene ring substituents is 1. The fourth-order valence-corrected chi connectivity index (χ4v) is 3.01. The molecule has 0 atom stereocenters. The van der Waals surface area contributed by atoms with Crippen LogP contribution in [0.1, 0.15) is 27.7 Å². The molecule has 0 radical (unpaired) electrons. The van der Waals surface area contributed by atoms with E-state index in [-0.39, 0.29) is 11.1 Å². The minimum Gasteiger partial charge on any atom is -0.334 e. The number of nitrogens with zero attached hydrogens (tertiary/aromatic N) is 3. The van der Waals surface area contributed by atoms with Gasteiger partial charge in [0.15, 0.2) is 0 Å². The Labute approximate surface area is 141 Å². The van der Waals surface area contributed by atoms with E-state index < -0.39 is 27.1 Å². The predicted molar refractivity (Wildman–Crippen MR) is 89.2 cm³/mol. The van der Waals surface area contributed by atoms with Gasteiger partial charge in [-0.3, -0.25) is 25.0 Å². The summed E-state index contributed by atoms with van der Waals surface area (Å²) in [4.78, 5) is 35.9. The summed E-state index contributed by atoms with van der Waals surface area (Å²) in [6, 6.07) is 5.72. The van der Waals surface area contributed by atoms with Gasteiger partial charge in [0.05, 0.1) is 28.0 Å².